The van der Waals surface area contributed by atoms with Crippen molar-refractivity contribution >= 4 is 11.5 Å². The molecule has 5 nitrogen and oxygen atoms in total. The Bertz CT molecular complexity index is 704. The first-order valence-electron chi connectivity index (χ1n) is 7.78. The Morgan fingerprint density at radius 3 is 2.57 bits per heavy atom. The zero-order valence-corrected chi connectivity index (χ0v) is 13.5. The number of ketones is 1. The number of carbonyl (C=O) groups is 1. The van der Waals surface area contributed by atoms with Crippen LogP contribution in [0.3, 0.4) is 0 Å². The first-order chi connectivity index (χ1) is 11.0. The molecule has 6 heteroatoms. The van der Waals surface area contributed by atoms with Crippen molar-refractivity contribution in [1.29, 1.82) is 0 Å². The molecule has 0 atom stereocenters. The van der Waals surface area contributed by atoms with Gasteiger partial charge in [0.2, 0.25) is 0 Å². The average Bonchev–Trinajstić information content (AvgIpc) is 2.93. The molecule has 0 unspecified atom stereocenters. The fourth-order valence-corrected chi connectivity index (χ4v) is 2.88. The number of hydrogen-bond acceptors (Lipinski definition) is 4. The maximum absolute atomic E-state index is 14.2. The lowest BCUT2D eigenvalue weighted by molar-refractivity contribution is 0.101. The van der Waals surface area contributed by atoms with Gasteiger partial charge in [-0.3, -0.25) is 9.69 Å². The van der Waals surface area contributed by atoms with Crippen LogP contribution in [-0.4, -0.2) is 46.4 Å². The second kappa shape index (κ2) is 6.50. The van der Waals surface area contributed by atoms with E-state index in [0.717, 1.165) is 38.5 Å². The molecular weight excluding hydrogens is 295 g/mol. The number of aromatic nitrogens is 2. The third kappa shape index (κ3) is 3.42. The van der Waals surface area contributed by atoms with Gasteiger partial charge in [0.15, 0.2) is 5.78 Å². The number of carbonyl (C=O) groups excluding carboxylic acids is 1. The van der Waals surface area contributed by atoms with Gasteiger partial charge < -0.3 is 9.47 Å². The standard InChI is InChI=1S/C17H21FN4O/c1-13(23)14-3-4-16(15(18)11-14)22-9-7-21(8-10-22)12-17-19-5-6-20(17)2/h3-6,11H,7-10,12H2,1-2H3. The zero-order chi connectivity index (χ0) is 16.4. The Hall–Kier alpha value is -2.21. The van der Waals surface area contributed by atoms with E-state index in [2.05, 4.69) is 9.88 Å². The molecule has 0 bridgehead atoms. The Labute approximate surface area is 135 Å². The summed E-state index contributed by atoms with van der Waals surface area (Å²) in [6.45, 7) is 5.51. The number of aryl methyl sites for hydroxylation is 1. The van der Waals surface area contributed by atoms with Crippen LogP contribution in [0.2, 0.25) is 0 Å². The summed E-state index contributed by atoms with van der Waals surface area (Å²) in [5, 5.41) is 0. The van der Waals surface area contributed by atoms with Crippen LogP contribution in [0.15, 0.2) is 30.6 Å². The van der Waals surface area contributed by atoms with Crippen molar-refractivity contribution in [2.75, 3.05) is 31.1 Å². The average molecular weight is 316 g/mol. The van der Waals surface area contributed by atoms with E-state index in [1.165, 1.54) is 13.0 Å². The van der Waals surface area contributed by atoms with Crippen molar-refractivity contribution in [3.63, 3.8) is 0 Å². The second-order valence-electron chi connectivity index (χ2n) is 5.94. The summed E-state index contributed by atoms with van der Waals surface area (Å²) in [4.78, 5) is 20.0. The Morgan fingerprint density at radius 2 is 2.00 bits per heavy atom. The van der Waals surface area contributed by atoms with E-state index >= 15 is 0 Å². The minimum Gasteiger partial charge on any atom is -0.367 e. The van der Waals surface area contributed by atoms with E-state index in [0.29, 0.717) is 11.3 Å². The van der Waals surface area contributed by atoms with E-state index in [1.54, 1.807) is 18.3 Å². The molecular formula is C17H21FN4O. The highest BCUT2D eigenvalue weighted by Gasteiger charge is 2.20. The molecule has 1 aromatic heterocycles. The van der Waals surface area contributed by atoms with Crippen LogP contribution in [0, 0.1) is 5.82 Å². The molecule has 0 spiro atoms. The molecule has 23 heavy (non-hydrogen) atoms. The van der Waals surface area contributed by atoms with Crippen LogP contribution in [0.5, 0.6) is 0 Å². The third-order valence-electron chi connectivity index (χ3n) is 4.35. The van der Waals surface area contributed by atoms with Gasteiger partial charge in [0.05, 0.1) is 12.2 Å². The zero-order valence-electron chi connectivity index (χ0n) is 13.5. The molecule has 1 aromatic carbocycles. The topological polar surface area (TPSA) is 41.4 Å². The van der Waals surface area contributed by atoms with E-state index in [-0.39, 0.29) is 11.6 Å². The number of rotatable bonds is 4. The predicted molar refractivity (Wildman–Crippen MR) is 87.1 cm³/mol. The first kappa shape index (κ1) is 15.7. The number of anilines is 1. The number of halogens is 1. The van der Waals surface area contributed by atoms with Gasteiger partial charge in [0, 0.05) is 51.2 Å². The van der Waals surface area contributed by atoms with E-state index in [1.807, 2.05) is 22.7 Å². The van der Waals surface area contributed by atoms with Crippen LogP contribution < -0.4 is 4.90 Å². The van der Waals surface area contributed by atoms with Crippen molar-refractivity contribution in [3.05, 3.63) is 47.8 Å². The summed E-state index contributed by atoms with van der Waals surface area (Å²) in [5.41, 5.74) is 0.992. The van der Waals surface area contributed by atoms with Gasteiger partial charge in [0.25, 0.3) is 0 Å². The van der Waals surface area contributed by atoms with E-state index in [9.17, 15) is 9.18 Å². The molecule has 122 valence electrons. The SMILES string of the molecule is CC(=O)c1ccc(N2CCN(Cc3nccn3C)CC2)c(F)c1. The van der Waals surface area contributed by atoms with Crippen LogP contribution in [0.4, 0.5) is 10.1 Å². The molecule has 2 aromatic rings. The van der Waals surface area contributed by atoms with Gasteiger partial charge in [-0.1, -0.05) is 0 Å². The van der Waals surface area contributed by atoms with Crippen LogP contribution in [0.25, 0.3) is 0 Å². The minimum absolute atomic E-state index is 0.115. The van der Waals surface area contributed by atoms with Crippen LogP contribution >= 0.6 is 0 Å². The third-order valence-corrected chi connectivity index (χ3v) is 4.35. The molecule has 2 heterocycles. The molecule has 3 rings (SSSR count). The van der Waals surface area contributed by atoms with Gasteiger partial charge in [-0.15, -0.1) is 0 Å². The number of imidazole rings is 1. The summed E-state index contributed by atoms with van der Waals surface area (Å²) in [7, 11) is 1.99. The van der Waals surface area contributed by atoms with Gasteiger partial charge in [0.1, 0.15) is 11.6 Å². The number of Topliss-reactive ketones (excluding diaryl/α,β-unsaturated/α-hetero) is 1. The predicted octanol–water partition coefficient (Wildman–Crippen LogP) is 2.08. The lowest BCUT2D eigenvalue weighted by Gasteiger charge is -2.36. The van der Waals surface area contributed by atoms with Crippen LogP contribution in [-0.2, 0) is 13.6 Å². The maximum atomic E-state index is 14.2. The number of benzene rings is 1. The Balaban J connectivity index is 1.63. The Kier molecular flexibility index (Phi) is 4.43. The number of hydrogen-bond donors (Lipinski definition) is 0. The van der Waals surface area contributed by atoms with E-state index < -0.39 is 0 Å². The van der Waals surface area contributed by atoms with Crippen molar-refractivity contribution < 1.29 is 9.18 Å². The van der Waals surface area contributed by atoms with Crippen molar-refractivity contribution in [2.45, 2.75) is 13.5 Å². The highest BCUT2D eigenvalue weighted by atomic mass is 19.1. The molecule has 0 radical (unpaired) electrons. The normalized spacial score (nSPS) is 15.9. The van der Waals surface area contributed by atoms with Crippen molar-refractivity contribution in [3.8, 4) is 0 Å². The molecule has 0 saturated carbocycles. The van der Waals surface area contributed by atoms with Gasteiger partial charge in [-0.05, 0) is 25.1 Å². The summed E-state index contributed by atoms with van der Waals surface area (Å²) < 4.78 is 16.2. The van der Waals surface area contributed by atoms with Gasteiger partial charge in [-0.25, -0.2) is 9.37 Å². The minimum atomic E-state index is -0.324. The Morgan fingerprint density at radius 1 is 1.26 bits per heavy atom. The molecule has 1 fully saturated rings. The highest BCUT2D eigenvalue weighted by Crippen LogP contribution is 2.22. The summed E-state index contributed by atoms with van der Waals surface area (Å²) in [6.07, 6.45) is 3.75. The largest absolute Gasteiger partial charge is 0.367 e. The fraction of sp³-hybridized carbons (Fsp3) is 0.412. The summed E-state index contributed by atoms with van der Waals surface area (Å²) >= 11 is 0. The monoisotopic (exact) mass is 316 g/mol. The maximum Gasteiger partial charge on any atom is 0.159 e. The summed E-state index contributed by atoms with van der Waals surface area (Å²) in [6, 6.07) is 4.74. The highest BCUT2D eigenvalue weighted by molar-refractivity contribution is 5.94. The lowest BCUT2D eigenvalue weighted by atomic mass is 10.1. The number of nitrogens with zero attached hydrogens (tertiary/aromatic N) is 4. The van der Waals surface area contributed by atoms with Gasteiger partial charge in [-0.2, -0.15) is 0 Å². The number of piperazine rings is 1. The van der Waals surface area contributed by atoms with Crippen molar-refractivity contribution in [1.82, 2.24) is 14.5 Å². The molecule has 1 saturated heterocycles. The molecule has 0 N–H and O–H groups in total. The lowest BCUT2D eigenvalue weighted by Crippen LogP contribution is -2.46. The van der Waals surface area contributed by atoms with E-state index in [4.69, 9.17) is 0 Å². The molecule has 0 aliphatic carbocycles. The quantitative estimate of drug-likeness (QED) is 0.810. The van der Waals surface area contributed by atoms with Gasteiger partial charge >= 0.3 is 0 Å². The molecule has 1 aliphatic rings. The van der Waals surface area contributed by atoms with Crippen LogP contribution in [0.1, 0.15) is 23.1 Å². The summed E-state index contributed by atoms with van der Waals surface area (Å²) in [5.74, 6) is 0.598. The second-order valence-corrected chi connectivity index (χ2v) is 5.94. The first-order valence-corrected chi connectivity index (χ1v) is 7.78. The molecule has 1 aliphatic heterocycles. The molecule has 0 amide bonds. The fourth-order valence-electron chi connectivity index (χ4n) is 2.88. The van der Waals surface area contributed by atoms with Crippen molar-refractivity contribution in [2.24, 2.45) is 7.05 Å². The smallest absolute Gasteiger partial charge is 0.159 e.